The Hall–Kier alpha value is -1.61. The number of carbonyl (C=O) groups is 1. The van der Waals surface area contributed by atoms with Crippen LogP contribution >= 0.6 is 0 Å². The SMILES string of the molecule is C=C(C)C(=O)OCC[N+](C)(C)Cc1ccccc1.CC. The van der Waals surface area contributed by atoms with Crippen LogP contribution in [0, 0.1) is 0 Å². The van der Waals surface area contributed by atoms with Crippen LogP contribution in [0.1, 0.15) is 26.3 Å². The van der Waals surface area contributed by atoms with Gasteiger partial charge in [0.05, 0.1) is 14.1 Å². The van der Waals surface area contributed by atoms with Crippen molar-refractivity contribution < 1.29 is 14.0 Å². The van der Waals surface area contributed by atoms with Crippen molar-refractivity contribution in [2.24, 2.45) is 0 Å². The lowest BCUT2D eigenvalue weighted by molar-refractivity contribution is -0.903. The van der Waals surface area contributed by atoms with Gasteiger partial charge in [-0.05, 0) is 6.92 Å². The van der Waals surface area contributed by atoms with Crippen LogP contribution in [0.25, 0.3) is 0 Å². The Morgan fingerprint density at radius 3 is 2.25 bits per heavy atom. The van der Waals surface area contributed by atoms with Crippen LogP contribution in [0.2, 0.25) is 0 Å². The molecule has 0 aliphatic carbocycles. The molecular formula is C17H28NO2+. The maximum atomic E-state index is 11.3. The van der Waals surface area contributed by atoms with Gasteiger partial charge < -0.3 is 9.22 Å². The molecule has 3 nitrogen and oxygen atoms in total. The molecule has 0 N–H and O–H groups in total. The first kappa shape index (κ1) is 18.4. The quantitative estimate of drug-likeness (QED) is 0.453. The fourth-order valence-corrected chi connectivity index (χ4v) is 1.67. The molecule has 0 heterocycles. The second-order valence-electron chi connectivity index (χ2n) is 5.22. The highest BCUT2D eigenvalue weighted by Gasteiger charge is 2.16. The summed E-state index contributed by atoms with van der Waals surface area (Å²) < 4.78 is 5.91. The van der Waals surface area contributed by atoms with Crippen LogP contribution in [-0.4, -0.2) is 37.7 Å². The van der Waals surface area contributed by atoms with E-state index >= 15 is 0 Å². The monoisotopic (exact) mass is 278 g/mol. The maximum Gasteiger partial charge on any atom is 0.333 e. The van der Waals surface area contributed by atoms with E-state index in [0.717, 1.165) is 17.6 Å². The Balaban J connectivity index is 0.00000172. The fraction of sp³-hybridized carbons (Fsp3) is 0.471. The van der Waals surface area contributed by atoms with Crippen molar-refractivity contribution in [3.8, 4) is 0 Å². The third kappa shape index (κ3) is 7.74. The average Bonchev–Trinajstić information content (AvgIpc) is 2.41. The van der Waals surface area contributed by atoms with Crippen molar-refractivity contribution in [3.63, 3.8) is 0 Å². The minimum atomic E-state index is -0.310. The van der Waals surface area contributed by atoms with E-state index in [0.29, 0.717) is 12.2 Å². The van der Waals surface area contributed by atoms with Crippen molar-refractivity contribution in [2.75, 3.05) is 27.2 Å². The molecule has 20 heavy (non-hydrogen) atoms. The largest absolute Gasteiger partial charge is 0.456 e. The number of hydrogen-bond donors (Lipinski definition) is 0. The smallest absolute Gasteiger partial charge is 0.333 e. The molecule has 0 amide bonds. The van der Waals surface area contributed by atoms with E-state index in [-0.39, 0.29) is 5.97 Å². The van der Waals surface area contributed by atoms with Crippen LogP contribution in [0.15, 0.2) is 42.5 Å². The number of carbonyl (C=O) groups excluding carboxylic acids is 1. The number of hydrogen-bond acceptors (Lipinski definition) is 2. The molecule has 112 valence electrons. The van der Waals surface area contributed by atoms with E-state index in [2.05, 4.69) is 32.8 Å². The van der Waals surface area contributed by atoms with E-state index in [9.17, 15) is 4.79 Å². The first-order chi connectivity index (χ1) is 9.41. The highest BCUT2D eigenvalue weighted by Crippen LogP contribution is 2.08. The lowest BCUT2D eigenvalue weighted by Crippen LogP contribution is -2.41. The standard InChI is InChI=1S/C15H22NO2.C2H6/c1-13(2)15(17)18-11-10-16(3,4)12-14-8-6-5-7-9-14;1-2/h5-9H,1,10-12H2,2-4H3;1-2H3/q+1;. The molecule has 0 aliphatic heterocycles. The number of esters is 1. The summed E-state index contributed by atoms with van der Waals surface area (Å²) in [6, 6.07) is 10.3. The predicted octanol–water partition coefficient (Wildman–Crippen LogP) is 3.41. The zero-order chi connectivity index (χ0) is 15.6. The Kier molecular flexibility index (Phi) is 8.57. The molecule has 0 atom stereocenters. The van der Waals surface area contributed by atoms with Gasteiger partial charge in [0.1, 0.15) is 19.7 Å². The van der Waals surface area contributed by atoms with Gasteiger partial charge in [-0.25, -0.2) is 4.79 Å². The minimum Gasteiger partial charge on any atom is -0.456 e. The molecule has 0 unspecified atom stereocenters. The van der Waals surface area contributed by atoms with E-state index in [4.69, 9.17) is 4.74 Å². The van der Waals surface area contributed by atoms with Gasteiger partial charge >= 0.3 is 5.97 Å². The molecule has 0 bridgehead atoms. The number of ether oxygens (including phenoxy) is 1. The van der Waals surface area contributed by atoms with Gasteiger partial charge in [0.2, 0.25) is 0 Å². The molecular weight excluding hydrogens is 250 g/mol. The number of quaternary nitrogens is 1. The average molecular weight is 278 g/mol. The van der Waals surface area contributed by atoms with Gasteiger partial charge in [0.25, 0.3) is 0 Å². The minimum absolute atomic E-state index is 0.310. The number of benzene rings is 1. The van der Waals surface area contributed by atoms with E-state index in [1.807, 2.05) is 32.0 Å². The third-order valence-electron chi connectivity index (χ3n) is 2.73. The molecule has 0 fully saturated rings. The summed E-state index contributed by atoms with van der Waals surface area (Å²) in [4.78, 5) is 11.3. The second-order valence-corrected chi connectivity index (χ2v) is 5.22. The zero-order valence-electron chi connectivity index (χ0n) is 13.5. The Morgan fingerprint density at radius 2 is 1.75 bits per heavy atom. The second kappa shape index (κ2) is 9.32. The molecule has 0 radical (unpaired) electrons. The van der Waals surface area contributed by atoms with Crippen molar-refractivity contribution in [1.82, 2.24) is 0 Å². The number of rotatable bonds is 6. The van der Waals surface area contributed by atoms with Crippen molar-refractivity contribution >= 4 is 5.97 Å². The Labute approximate surface area is 123 Å². The topological polar surface area (TPSA) is 26.3 Å². The lowest BCUT2D eigenvalue weighted by Gasteiger charge is -2.29. The van der Waals surface area contributed by atoms with Gasteiger partial charge in [-0.15, -0.1) is 0 Å². The van der Waals surface area contributed by atoms with Gasteiger partial charge in [-0.3, -0.25) is 0 Å². The maximum absolute atomic E-state index is 11.3. The van der Waals surface area contributed by atoms with Gasteiger partial charge in [0, 0.05) is 11.1 Å². The molecule has 0 aromatic heterocycles. The molecule has 1 aromatic carbocycles. The van der Waals surface area contributed by atoms with Crippen LogP contribution in [0.4, 0.5) is 0 Å². The first-order valence-corrected chi connectivity index (χ1v) is 7.09. The summed E-state index contributed by atoms with van der Waals surface area (Å²) >= 11 is 0. The van der Waals surface area contributed by atoms with Crippen LogP contribution in [0.3, 0.4) is 0 Å². The van der Waals surface area contributed by atoms with Crippen molar-refractivity contribution in [3.05, 3.63) is 48.0 Å². The van der Waals surface area contributed by atoms with Gasteiger partial charge in [-0.1, -0.05) is 50.8 Å². The van der Waals surface area contributed by atoms with E-state index in [1.54, 1.807) is 6.92 Å². The van der Waals surface area contributed by atoms with Crippen LogP contribution in [-0.2, 0) is 16.1 Å². The predicted molar refractivity (Wildman–Crippen MR) is 84.2 cm³/mol. The molecule has 0 spiro atoms. The van der Waals surface area contributed by atoms with Crippen molar-refractivity contribution in [1.29, 1.82) is 0 Å². The molecule has 0 aliphatic rings. The van der Waals surface area contributed by atoms with E-state index in [1.165, 1.54) is 5.56 Å². The zero-order valence-corrected chi connectivity index (χ0v) is 13.5. The summed E-state index contributed by atoms with van der Waals surface area (Å²) in [5.74, 6) is -0.310. The highest BCUT2D eigenvalue weighted by molar-refractivity contribution is 5.86. The van der Waals surface area contributed by atoms with Crippen molar-refractivity contribution in [2.45, 2.75) is 27.3 Å². The lowest BCUT2D eigenvalue weighted by atomic mass is 10.2. The first-order valence-electron chi connectivity index (χ1n) is 7.09. The summed E-state index contributed by atoms with van der Waals surface area (Å²) in [5.41, 5.74) is 1.73. The molecule has 1 aromatic rings. The van der Waals surface area contributed by atoms with Gasteiger partial charge in [-0.2, -0.15) is 0 Å². The summed E-state index contributed by atoms with van der Waals surface area (Å²) in [6.45, 7) is 11.3. The van der Waals surface area contributed by atoms with Crippen LogP contribution in [0.5, 0.6) is 0 Å². The molecule has 1 rings (SSSR count). The normalized spacial score (nSPS) is 10.2. The summed E-state index contributed by atoms with van der Waals surface area (Å²) in [6.07, 6.45) is 0. The Morgan fingerprint density at radius 1 is 1.20 bits per heavy atom. The molecule has 0 saturated heterocycles. The fourth-order valence-electron chi connectivity index (χ4n) is 1.67. The third-order valence-corrected chi connectivity index (χ3v) is 2.73. The molecule has 0 saturated carbocycles. The van der Waals surface area contributed by atoms with Gasteiger partial charge in [0.15, 0.2) is 0 Å². The van der Waals surface area contributed by atoms with Crippen LogP contribution < -0.4 is 0 Å². The number of likely N-dealkylation sites (N-methyl/N-ethyl adjacent to an activating group) is 1. The summed E-state index contributed by atoms with van der Waals surface area (Å²) in [7, 11) is 4.25. The summed E-state index contributed by atoms with van der Waals surface area (Å²) in [5, 5.41) is 0. The Bertz CT molecular complexity index is 410. The molecule has 3 heteroatoms. The van der Waals surface area contributed by atoms with E-state index < -0.39 is 0 Å². The highest BCUT2D eigenvalue weighted by atomic mass is 16.5. The number of nitrogens with zero attached hydrogens (tertiary/aromatic N) is 1.